The molecule has 0 bridgehead atoms. The highest BCUT2D eigenvalue weighted by Crippen LogP contribution is 2.31. The van der Waals surface area contributed by atoms with E-state index in [9.17, 15) is 10.1 Å². The highest BCUT2D eigenvalue weighted by Gasteiger charge is 2.26. The van der Waals surface area contributed by atoms with Crippen LogP contribution in [0.15, 0.2) is 19.0 Å². The van der Waals surface area contributed by atoms with Gasteiger partial charge >= 0.3 is 5.69 Å². The summed E-state index contributed by atoms with van der Waals surface area (Å²) in [5.74, 6) is 0.399. The lowest BCUT2D eigenvalue weighted by molar-refractivity contribution is -0.383. The van der Waals surface area contributed by atoms with Gasteiger partial charge in [0.05, 0.1) is 18.1 Å². The number of nitrogens with zero attached hydrogens (tertiary/aromatic N) is 4. The summed E-state index contributed by atoms with van der Waals surface area (Å²) in [5, 5.41) is 14.3. The quantitative estimate of drug-likeness (QED) is 0.368. The molecule has 0 radical (unpaired) electrons. The molecule has 9 nitrogen and oxygen atoms in total. The average molecular weight is 311 g/mol. The molecule has 1 heterocycles. The maximum atomic E-state index is 11.4. The third kappa shape index (κ3) is 4.93. The molecule has 9 heteroatoms. The van der Waals surface area contributed by atoms with E-state index in [4.69, 9.17) is 9.47 Å². The number of hydrogen-bond donors (Lipinski definition) is 1. The first-order chi connectivity index (χ1) is 10.7. The number of rotatable bonds is 11. The Labute approximate surface area is 129 Å². The number of ether oxygens (including phenoxy) is 2. The van der Waals surface area contributed by atoms with Crippen LogP contribution in [-0.4, -0.2) is 62.0 Å². The van der Waals surface area contributed by atoms with Gasteiger partial charge in [-0.3, -0.25) is 10.1 Å². The van der Waals surface area contributed by atoms with Gasteiger partial charge in [-0.25, -0.2) is 9.97 Å². The highest BCUT2D eigenvalue weighted by atomic mass is 16.6. The number of anilines is 2. The van der Waals surface area contributed by atoms with Crippen molar-refractivity contribution >= 4 is 17.3 Å². The minimum Gasteiger partial charge on any atom is -0.383 e. The van der Waals surface area contributed by atoms with E-state index in [1.54, 1.807) is 25.2 Å². The second-order valence-electron chi connectivity index (χ2n) is 4.29. The van der Waals surface area contributed by atoms with Crippen molar-refractivity contribution in [3.63, 3.8) is 0 Å². The van der Waals surface area contributed by atoms with Crippen molar-refractivity contribution in [3.05, 3.63) is 29.1 Å². The molecule has 0 spiro atoms. The Morgan fingerprint density at radius 1 is 1.36 bits per heavy atom. The van der Waals surface area contributed by atoms with Crippen LogP contribution in [0.3, 0.4) is 0 Å². The van der Waals surface area contributed by atoms with E-state index in [-0.39, 0.29) is 17.3 Å². The van der Waals surface area contributed by atoms with Gasteiger partial charge in [0.1, 0.15) is 6.33 Å². The second kappa shape index (κ2) is 9.64. The normalized spacial score (nSPS) is 10.3. The fourth-order valence-corrected chi connectivity index (χ4v) is 1.79. The minimum absolute atomic E-state index is 0.162. The number of methoxy groups -OCH3 is 2. The van der Waals surface area contributed by atoms with E-state index in [1.807, 2.05) is 0 Å². The van der Waals surface area contributed by atoms with Crippen LogP contribution in [0.1, 0.15) is 0 Å². The zero-order valence-electron chi connectivity index (χ0n) is 12.8. The molecular formula is C13H21N5O4. The van der Waals surface area contributed by atoms with Gasteiger partial charge in [-0.15, -0.1) is 6.58 Å². The van der Waals surface area contributed by atoms with Crippen LogP contribution < -0.4 is 10.2 Å². The summed E-state index contributed by atoms with van der Waals surface area (Å²) in [6.45, 7) is 5.69. The third-order valence-electron chi connectivity index (χ3n) is 2.83. The Morgan fingerprint density at radius 3 is 2.50 bits per heavy atom. The summed E-state index contributed by atoms with van der Waals surface area (Å²) in [7, 11) is 3.14. The van der Waals surface area contributed by atoms with Crippen LogP contribution >= 0.6 is 0 Å². The van der Waals surface area contributed by atoms with Crippen molar-refractivity contribution in [3.8, 4) is 0 Å². The van der Waals surface area contributed by atoms with Gasteiger partial charge in [0.2, 0.25) is 11.6 Å². The molecule has 22 heavy (non-hydrogen) atoms. The molecule has 0 amide bonds. The minimum atomic E-state index is -0.493. The Bertz CT molecular complexity index is 489. The van der Waals surface area contributed by atoms with E-state index < -0.39 is 4.92 Å². The van der Waals surface area contributed by atoms with E-state index in [0.29, 0.717) is 32.8 Å². The summed E-state index contributed by atoms with van der Waals surface area (Å²) in [4.78, 5) is 20.7. The molecule has 0 unspecified atom stereocenters. The molecule has 0 aliphatic heterocycles. The smallest absolute Gasteiger partial charge is 0.353 e. The van der Waals surface area contributed by atoms with Gasteiger partial charge in [-0.05, 0) is 0 Å². The fourth-order valence-electron chi connectivity index (χ4n) is 1.79. The van der Waals surface area contributed by atoms with Crippen molar-refractivity contribution in [2.75, 3.05) is 57.3 Å². The van der Waals surface area contributed by atoms with Gasteiger partial charge in [0.15, 0.2) is 0 Å². The van der Waals surface area contributed by atoms with E-state index in [0.717, 1.165) is 0 Å². The summed E-state index contributed by atoms with van der Waals surface area (Å²) >= 11 is 0. The molecule has 1 aromatic rings. The predicted molar refractivity (Wildman–Crippen MR) is 83.3 cm³/mol. The predicted octanol–water partition coefficient (Wildman–Crippen LogP) is 1.08. The Morgan fingerprint density at radius 2 is 2.00 bits per heavy atom. The highest BCUT2D eigenvalue weighted by molar-refractivity contribution is 5.70. The number of aromatic nitrogens is 2. The van der Waals surface area contributed by atoms with Crippen molar-refractivity contribution in [2.24, 2.45) is 0 Å². The maximum Gasteiger partial charge on any atom is 0.353 e. The van der Waals surface area contributed by atoms with Crippen LogP contribution in [0.5, 0.6) is 0 Å². The summed E-state index contributed by atoms with van der Waals surface area (Å²) in [6.07, 6.45) is 2.89. The topological polar surface area (TPSA) is 103 Å². The number of nitrogens with one attached hydrogen (secondary N) is 1. The average Bonchev–Trinajstić information content (AvgIpc) is 2.52. The van der Waals surface area contributed by atoms with Crippen molar-refractivity contribution in [1.82, 2.24) is 9.97 Å². The molecule has 1 rings (SSSR count). The van der Waals surface area contributed by atoms with Gasteiger partial charge in [0, 0.05) is 33.9 Å². The lowest BCUT2D eigenvalue weighted by Gasteiger charge is -2.23. The van der Waals surface area contributed by atoms with Crippen LogP contribution in [-0.2, 0) is 9.47 Å². The molecular weight excluding hydrogens is 290 g/mol. The van der Waals surface area contributed by atoms with Crippen molar-refractivity contribution in [1.29, 1.82) is 0 Å². The number of nitro groups is 1. The van der Waals surface area contributed by atoms with Crippen LogP contribution in [0, 0.1) is 10.1 Å². The molecule has 0 aliphatic carbocycles. The van der Waals surface area contributed by atoms with E-state index >= 15 is 0 Å². The Hall–Kier alpha value is -2.26. The molecule has 0 aliphatic rings. The summed E-state index contributed by atoms with van der Waals surface area (Å²) in [5.41, 5.74) is -0.170. The van der Waals surface area contributed by atoms with Gasteiger partial charge < -0.3 is 19.7 Å². The zero-order chi connectivity index (χ0) is 16.4. The first-order valence-corrected chi connectivity index (χ1v) is 6.72. The summed E-state index contributed by atoms with van der Waals surface area (Å²) < 4.78 is 10.1. The van der Waals surface area contributed by atoms with Gasteiger partial charge in [-0.2, -0.15) is 0 Å². The number of hydrogen-bond acceptors (Lipinski definition) is 8. The van der Waals surface area contributed by atoms with Crippen molar-refractivity contribution in [2.45, 2.75) is 0 Å². The van der Waals surface area contributed by atoms with Gasteiger partial charge in [0.25, 0.3) is 0 Å². The SMILES string of the molecule is C=CCNc1ncnc(N(CCOC)CCOC)c1[N+](=O)[O-]. The van der Waals surface area contributed by atoms with Crippen LogP contribution in [0.4, 0.5) is 17.3 Å². The lowest BCUT2D eigenvalue weighted by Crippen LogP contribution is -2.32. The van der Waals surface area contributed by atoms with Crippen LogP contribution in [0.25, 0.3) is 0 Å². The van der Waals surface area contributed by atoms with E-state index in [1.165, 1.54) is 6.33 Å². The molecule has 0 saturated carbocycles. The molecule has 122 valence electrons. The molecule has 1 N–H and O–H groups in total. The van der Waals surface area contributed by atoms with Crippen LogP contribution in [0.2, 0.25) is 0 Å². The molecule has 0 atom stereocenters. The Balaban J connectivity index is 3.15. The standard InChI is InChI=1S/C13H21N5O4/c1-4-5-14-12-11(18(19)20)13(16-10-15-12)17(6-8-21-2)7-9-22-3/h4,10H,1,5-9H2,2-3H3,(H,14,15,16). The Kier molecular flexibility index (Phi) is 7.79. The first-order valence-electron chi connectivity index (χ1n) is 6.72. The lowest BCUT2D eigenvalue weighted by atomic mass is 10.3. The first kappa shape index (κ1) is 17.8. The zero-order valence-corrected chi connectivity index (χ0v) is 12.8. The second-order valence-corrected chi connectivity index (χ2v) is 4.29. The molecule has 0 fully saturated rings. The van der Waals surface area contributed by atoms with Gasteiger partial charge in [-0.1, -0.05) is 6.08 Å². The maximum absolute atomic E-state index is 11.4. The molecule has 0 saturated heterocycles. The van der Waals surface area contributed by atoms with Crippen molar-refractivity contribution < 1.29 is 14.4 Å². The fraction of sp³-hybridized carbons (Fsp3) is 0.538. The largest absolute Gasteiger partial charge is 0.383 e. The summed E-state index contributed by atoms with van der Waals surface area (Å²) in [6, 6.07) is 0. The molecule has 1 aromatic heterocycles. The third-order valence-corrected chi connectivity index (χ3v) is 2.83. The monoisotopic (exact) mass is 311 g/mol. The van der Waals surface area contributed by atoms with E-state index in [2.05, 4.69) is 21.9 Å². The molecule has 0 aromatic carbocycles.